The summed E-state index contributed by atoms with van der Waals surface area (Å²) < 4.78 is 5.56. The van der Waals surface area contributed by atoms with Gasteiger partial charge >= 0.3 is 5.97 Å². The molecule has 3 saturated carbocycles. The van der Waals surface area contributed by atoms with Crippen molar-refractivity contribution in [2.75, 3.05) is 7.11 Å². The average molecular weight is 461 g/mol. The smallest absolute Gasteiger partial charge is 0.302 e. The van der Waals surface area contributed by atoms with Crippen molar-refractivity contribution in [2.24, 2.45) is 45.6 Å². The summed E-state index contributed by atoms with van der Waals surface area (Å²) in [5.74, 6) is 1.41. The zero-order valence-electron chi connectivity index (χ0n) is 21.0. The van der Waals surface area contributed by atoms with Crippen LogP contribution in [0.5, 0.6) is 0 Å². The van der Waals surface area contributed by atoms with Gasteiger partial charge in [-0.15, -0.1) is 0 Å². The van der Waals surface area contributed by atoms with Crippen LogP contribution >= 0.6 is 0 Å². The Morgan fingerprint density at radius 2 is 1.97 bits per heavy atom. The maximum atomic E-state index is 11.8. The van der Waals surface area contributed by atoms with Crippen LogP contribution in [0.1, 0.15) is 79.6 Å². The number of carbonyl (C=O) groups is 1. The van der Waals surface area contributed by atoms with Crippen molar-refractivity contribution < 1.29 is 19.3 Å². The lowest BCUT2D eigenvalue weighted by Crippen LogP contribution is -2.51. The van der Waals surface area contributed by atoms with E-state index in [9.17, 15) is 14.9 Å². The minimum Gasteiger partial charge on any atom is -0.462 e. The van der Waals surface area contributed by atoms with E-state index in [1.54, 1.807) is 14.0 Å². The van der Waals surface area contributed by atoms with Gasteiger partial charge in [0, 0.05) is 37.0 Å². The van der Waals surface area contributed by atoms with Crippen molar-refractivity contribution in [3.8, 4) is 0 Å². The quantitative estimate of drug-likeness (QED) is 0.180. The molecule has 0 spiro atoms. The molecule has 0 aromatic carbocycles. The summed E-state index contributed by atoms with van der Waals surface area (Å²) in [6.45, 7) is 10.0. The Balaban J connectivity index is 1.66. The Kier molecular flexibility index (Phi) is 6.38. The maximum absolute atomic E-state index is 11.8. The number of nitro groups is 1. The summed E-state index contributed by atoms with van der Waals surface area (Å²) in [4.78, 5) is 28.4. The molecular weight excluding hydrogens is 420 g/mol. The zero-order valence-corrected chi connectivity index (χ0v) is 21.0. The fraction of sp³-hybridized carbons (Fsp3) is 0.846. The van der Waals surface area contributed by atoms with Crippen LogP contribution in [0.3, 0.4) is 0 Å². The van der Waals surface area contributed by atoms with Gasteiger partial charge in [0.2, 0.25) is 6.04 Å². The number of allylic oxidation sites excluding steroid dienone is 1. The highest BCUT2D eigenvalue weighted by Crippen LogP contribution is 2.68. The number of rotatable bonds is 5. The van der Waals surface area contributed by atoms with Gasteiger partial charge in [0.05, 0.1) is 5.71 Å². The van der Waals surface area contributed by atoms with Gasteiger partial charge in [0.25, 0.3) is 0 Å². The van der Waals surface area contributed by atoms with E-state index in [0.717, 1.165) is 50.7 Å². The standard InChI is InChI=1S/C26H40N2O5/c1-15(27-32-6)24-21(16(2)28(30)31)14-23-20-8-7-18-13-19(33-17(3)29)9-11-25(18,4)22(20)10-12-26(23,24)5/h7,16,19-24H,8-14H2,1-6H3/b27-15-/t16?,19?,20?,21-,22?,23?,24?,25-,26-/m0/s1. The highest BCUT2D eigenvalue weighted by Gasteiger charge is 2.63. The Bertz CT molecular complexity index is 869. The number of fused-ring (bicyclic) bond motifs is 5. The number of esters is 1. The van der Waals surface area contributed by atoms with E-state index in [4.69, 9.17) is 9.57 Å². The van der Waals surface area contributed by atoms with E-state index >= 15 is 0 Å². The molecule has 7 heteroatoms. The van der Waals surface area contributed by atoms with Crippen molar-refractivity contribution in [1.82, 2.24) is 0 Å². The summed E-state index contributed by atoms with van der Waals surface area (Å²) in [5, 5.41) is 16.1. The molecule has 4 rings (SSSR count). The lowest BCUT2D eigenvalue weighted by Gasteiger charge is -2.58. The van der Waals surface area contributed by atoms with Gasteiger partial charge < -0.3 is 9.57 Å². The molecule has 4 aliphatic rings. The topological polar surface area (TPSA) is 91.0 Å². The number of ether oxygens (including phenoxy) is 1. The molecule has 6 unspecified atom stereocenters. The third-order valence-corrected chi connectivity index (χ3v) is 10.1. The molecular formula is C26H40N2O5. The van der Waals surface area contributed by atoms with Crippen LogP contribution in [0.2, 0.25) is 0 Å². The zero-order chi connectivity index (χ0) is 24.1. The summed E-state index contributed by atoms with van der Waals surface area (Å²) >= 11 is 0. The molecule has 184 valence electrons. The van der Waals surface area contributed by atoms with Crippen LogP contribution < -0.4 is 0 Å². The number of hydrogen-bond donors (Lipinski definition) is 0. The van der Waals surface area contributed by atoms with Crippen molar-refractivity contribution in [1.29, 1.82) is 0 Å². The third-order valence-electron chi connectivity index (χ3n) is 10.1. The molecule has 0 saturated heterocycles. The Morgan fingerprint density at radius 3 is 2.61 bits per heavy atom. The van der Waals surface area contributed by atoms with Gasteiger partial charge in [-0.3, -0.25) is 14.9 Å². The van der Waals surface area contributed by atoms with E-state index in [1.165, 1.54) is 12.5 Å². The van der Waals surface area contributed by atoms with Gasteiger partial charge in [-0.1, -0.05) is 30.7 Å². The monoisotopic (exact) mass is 460 g/mol. The summed E-state index contributed by atoms with van der Waals surface area (Å²) in [7, 11) is 1.56. The fourth-order valence-electron chi connectivity index (χ4n) is 8.68. The normalized spacial score (nSPS) is 43.5. The second-order valence-electron chi connectivity index (χ2n) is 11.6. The SMILES string of the molecule is CO/N=C(/C)C1[C@H](C(C)[N+](=O)[O-])CC2C3CC=C4CC(OC(C)=O)CC[C@]4(C)C3CC[C@@]21C. The number of carbonyl (C=O) groups excluding carboxylic acids is 1. The second kappa shape index (κ2) is 8.70. The number of oxime groups is 1. The summed E-state index contributed by atoms with van der Waals surface area (Å²) in [6, 6.07) is -0.595. The fourth-order valence-corrected chi connectivity index (χ4v) is 8.68. The molecule has 0 N–H and O–H groups in total. The van der Waals surface area contributed by atoms with E-state index < -0.39 is 6.04 Å². The van der Waals surface area contributed by atoms with Crippen molar-refractivity contribution >= 4 is 11.7 Å². The van der Waals surface area contributed by atoms with E-state index in [0.29, 0.717) is 17.8 Å². The lowest BCUT2D eigenvalue weighted by atomic mass is 9.47. The Hall–Kier alpha value is -1.92. The van der Waals surface area contributed by atoms with Gasteiger partial charge in [0.1, 0.15) is 13.2 Å². The molecule has 0 aromatic heterocycles. The van der Waals surface area contributed by atoms with Gasteiger partial charge in [-0.25, -0.2) is 0 Å². The third kappa shape index (κ3) is 3.89. The van der Waals surface area contributed by atoms with Crippen LogP contribution in [-0.4, -0.2) is 35.9 Å². The van der Waals surface area contributed by atoms with Gasteiger partial charge in [0.15, 0.2) is 0 Å². The molecule has 0 aromatic rings. The van der Waals surface area contributed by atoms with Gasteiger partial charge in [-0.2, -0.15) is 0 Å². The lowest BCUT2D eigenvalue weighted by molar-refractivity contribution is -0.528. The van der Waals surface area contributed by atoms with Gasteiger partial charge in [-0.05, 0) is 74.0 Å². The minimum absolute atomic E-state index is 0.00113. The number of hydrogen-bond acceptors (Lipinski definition) is 6. The first kappa shape index (κ1) is 24.2. The van der Waals surface area contributed by atoms with E-state index in [2.05, 4.69) is 25.1 Å². The Labute approximate surface area is 197 Å². The average Bonchev–Trinajstić information content (AvgIpc) is 3.06. The van der Waals surface area contributed by atoms with Crippen molar-refractivity contribution in [3.05, 3.63) is 21.8 Å². The van der Waals surface area contributed by atoms with Crippen LogP contribution in [-0.2, 0) is 14.4 Å². The molecule has 33 heavy (non-hydrogen) atoms. The molecule has 0 aliphatic heterocycles. The predicted molar refractivity (Wildman–Crippen MR) is 126 cm³/mol. The highest BCUT2D eigenvalue weighted by molar-refractivity contribution is 5.85. The second-order valence-corrected chi connectivity index (χ2v) is 11.6. The molecule has 9 atom stereocenters. The van der Waals surface area contributed by atoms with Crippen molar-refractivity contribution in [3.63, 3.8) is 0 Å². The maximum Gasteiger partial charge on any atom is 0.302 e. The predicted octanol–water partition coefficient (Wildman–Crippen LogP) is 5.41. The Morgan fingerprint density at radius 1 is 1.24 bits per heavy atom. The van der Waals surface area contributed by atoms with Crippen LogP contribution in [0.25, 0.3) is 0 Å². The molecule has 0 bridgehead atoms. The van der Waals surface area contributed by atoms with Crippen LogP contribution in [0.15, 0.2) is 16.8 Å². The molecule has 0 heterocycles. The van der Waals surface area contributed by atoms with E-state index in [1.807, 2.05) is 6.92 Å². The molecule has 4 aliphatic carbocycles. The largest absolute Gasteiger partial charge is 0.462 e. The highest BCUT2D eigenvalue weighted by atomic mass is 16.6. The first-order valence-electron chi connectivity index (χ1n) is 12.6. The minimum atomic E-state index is -0.595. The number of nitrogens with zero attached hydrogens (tertiary/aromatic N) is 2. The first-order chi connectivity index (χ1) is 15.5. The van der Waals surface area contributed by atoms with Crippen molar-refractivity contribution in [2.45, 2.75) is 91.7 Å². The molecule has 0 amide bonds. The first-order valence-corrected chi connectivity index (χ1v) is 12.6. The molecule has 0 radical (unpaired) electrons. The van der Waals surface area contributed by atoms with E-state index in [-0.39, 0.29) is 39.7 Å². The molecule has 3 fully saturated rings. The van der Waals surface area contributed by atoms with Crippen LogP contribution in [0, 0.1) is 50.5 Å². The van der Waals surface area contributed by atoms with Crippen LogP contribution in [0.4, 0.5) is 0 Å². The summed E-state index contributed by atoms with van der Waals surface area (Å²) in [6.07, 6.45) is 9.36. The molecule has 7 nitrogen and oxygen atoms in total. The summed E-state index contributed by atoms with van der Waals surface area (Å²) in [5.41, 5.74) is 2.50.